The third-order valence-electron chi connectivity index (χ3n) is 2.54. The summed E-state index contributed by atoms with van der Waals surface area (Å²) in [6.07, 6.45) is -1.79. The topological polar surface area (TPSA) is 83.8 Å². The number of halogens is 1. The predicted octanol–water partition coefficient (Wildman–Crippen LogP) is 2.07. The van der Waals surface area contributed by atoms with E-state index >= 15 is 0 Å². The van der Waals surface area contributed by atoms with E-state index in [1.165, 1.54) is 19.1 Å². The molecule has 0 saturated heterocycles. The summed E-state index contributed by atoms with van der Waals surface area (Å²) in [4.78, 5) is 22.3. The molecule has 0 radical (unpaired) electrons. The smallest absolute Gasteiger partial charge is 0.337 e. The molecule has 1 aromatic carbocycles. The number of ether oxygens (including phenoxy) is 1. The van der Waals surface area contributed by atoms with Crippen LogP contribution in [0.1, 0.15) is 36.5 Å². The monoisotopic (exact) mass is 286 g/mol. The third-order valence-corrected chi connectivity index (χ3v) is 3.08. The van der Waals surface area contributed by atoms with Crippen LogP contribution in [0.3, 0.4) is 0 Å². The van der Waals surface area contributed by atoms with E-state index in [0.717, 1.165) is 0 Å². The van der Waals surface area contributed by atoms with Crippen molar-refractivity contribution in [3.8, 4) is 5.75 Å². The number of ketones is 1. The van der Waals surface area contributed by atoms with E-state index in [4.69, 9.17) is 21.4 Å². The Morgan fingerprint density at radius 2 is 2.05 bits per heavy atom. The van der Waals surface area contributed by atoms with Crippen molar-refractivity contribution in [3.05, 3.63) is 29.3 Å². The molecule has 0 aromatic heterocycles. The molecule has 5 nitrogen and oxygen atoms in total. The molecule has 0 fully saturated rings. The van der Waals surface area contributed by atoms with Crippen LogP contribution in [-0.2, 0) is 9.59 Å². The molecule has 2 atom stereocenters. The molecule has 0 aliphatic rings. The fourth-order valence-corrected chi connectivity index (χ4v) is 1.89. The van der Waals surface area contributed by atoms with Gasteiger partial charge in [0.05, 0.1) is 6.61 Å². The van der Waals surface area contributed by atoms with Gasteiger partial charge in [-0.1, -0.05) is 12.1 Å². The third kappa shape index (κ3) is 3.45. The highest BCUT2D eigenvalue weighted by Crippen LogP contribution is 2.35. The van der Waals surface area contributed by atoms with E-state index < -0.39 is 17.5 Å². The molecule has 2 unspecified atom stereocenters. The fourth-order valence-electron chi connectivity index (χ4n) is 1.70. The molecular weight excluding hydrogens is 272 g/mol. The number of Topliss-reactive ketones (excluding diaryl/α,β-unsaturated/α-hetero) is 1. The normalized spacial score (nSPS) is 13.7. The van der Waals surface area contributed by atoms with Crippen molar-refractivity contribution < 1.29 is 24.5 Å². The van der Waals surface area contributed by atoms with Gasteiger partial charge < -0.3 is 14.9 Å². The molecule has 0 saturated carbocycles. The number of rotatable bonds is 6. The summed E-state index contributed by atoms with van der Waals surface area (Å²) in [5, 5.41) is 17.7. The minimum atomic E-state index is -1.79. The molecule has 0 amide bonds. The molecule has 0 aliphatic heterocycles. The van der Waals surface area contributed by atoms with Crippen LogP contribution < -0.4 is 4.74 Å². The van der Waals surface area contributed by atoms with Gasteiger partial charge in [0.25, 0.3) is 0 Å². The molecule has 0 spiro atoms. The lowest BCUT2D eigenvalue weighted by Gasteiger charge is -2.19. The Kier molecular flexibility index (Phi) is 5.32. The number of aliphatic carboxylic acids is 1. The van der Waals surface area contributed by atoms with Gasteiger partial charge in [-0.2, -0.15) is 0 Å². The van der Waals surface area contributed by atoms with E-state index in [1.807, 2.05) is 0 Å². The van der Waals surface area contributed by atoms with Crippen LogP contribution >= 0.6 is 11.6 Å². The zero-order chi connectivity index (χ0) is 14.6. The van der Waals surface area contributed by atoms with Gasteiger partial charge in [-0.3, -0.25) is 4.79 Å². The Morgan fingerprint density at radius 3 is 2.53 bits per heavy atom. The number of carbonyl (C=O) groups excluding carboxylic acids is 1. The maximum Gasteiger partial charge on any atom is 0.337 e. The molecule has 0 aliphatic carbocycles. The van der Waals surface area contributed by atoms with Crippen LogP contribution in [-0.4, -0.2) is 28.6 Å². The van der Waals surface area contributed by atoms with Crippen LogP contribution in [0.5, 0.6) is 5.75 Å². The second-order valence-corrected chi connectivity index (χ2v) is 4.34. The summed E-state index contributed by atoms with van der Waals surface area (Å²) in [5.41, 5.74) is 0.266. The lowest BCUT2D eigenvalue weighted by atomic mass is 9.97. The Hall–Kier alpha value is -1.59. The molecular formula is C13H15ClO5. The van der Waals surface area contributed by atoms with Crippen molar-refractivity contribution in [2.24, 2.45) is 0 Å². The first-order valence-corrected chi connectivity index (χ1v) is 6.14. The average Bonchev–Trinajstić information content (AvgIpc) is 2.37. The van der Waals surface area contributed by atoms with Crippen molar-refractivity contribution in [1.82, 2.24) is 0 Å². The highest BCUT2D eigenvalue weighted by Gasteiger charge is 2.28. The molecule has 0 heterocycles. The van der Waals surface area contributed by atoms with Crippen molar-refractivity contribution in [2.45, 2.75) is 25.3 Å². The van der Waals surface area contributed by atoms with Gasteiger partial charge in [0.2, 0.25) is 0 Å². The number of aliphatic hydroxyl groups is 1. The summed E-state index contributed by atoms with van der Waals surface area (Å²) in [6.45, 7) is 3.32. The fraction of sp³-hybridized carbons (Fsp3) is 0.385. The van der Waals surface area contributed by atoms with Crippen LogP contribution in [0.15, 0.2) is 18.2 Å². The number of alkyl halides is 1. The SMILES string of the molecule is CCOc1cccc(C(Cl)C(C)=O)c1C(O)C(=O)O. The summed E-state index contributed by atoms with van der Waals surface area (Å²) in [7, 11) is 0. The van der Waals surface area contributed by atoms with Crippen LogP contribution in [0, 0.1) is 0 Å². The highest BCUT2D eigenvalue weighted by atomic mass is 35.5. The molecule has 1 aromatic rings. The number of carbonyl (C=O) groups is 2. The van der Waals surface area contributed by atoms with Crippen molar-refractivity contribution in [3.63, 3.8) is 0 Å². The van der Waals surface area contributed by atoms with Gasteiger partial charge in [-0.15, -0.1) is 11.6 Å². The predicted molar refractivity (Wildman–Crippen MR) is 69.5 cm³/mol. The molecule has 104 valence electrons. The Bertz CT molecular complexity index is 486. The van der Waals surface area contributed by atoms with Crippen LogP contribution in [0.4, 0.5) is 0 Å². The first kappa shape index (κ1) is 15.5. The first-order chi connectivity index (χ1) is 8.90. The lowest BCUT2D eigenvalue weighted by Crippen LogP contribution is -2.16. The van der Waals surface area contributed by atoms with E-state index in [0.29, 0.717) is 6.61 Å². The van der Waals surface area contributed by atoms with Crippen molar-refractivity contribution >= 4 is 23.4 Å². The highest BCUT2D eigenvalue weighted by molar-refractivity contribution is 6.31. The zero-order valence-electron chi connectivity index (χ0n) is 10.6. The second kappa shape index (κ2) is 6.54. The molecule has 2 N–H and O–H groups in total. The molecule has 19 heavy (non-hydrogen) atoms. The maximum atomic E-state index is 11.4. The van der Waals surface area contributed by atoms with Crippen LogP contribution in [0.2, 0.25) is 0 Å². The number of benzene rings is 1. The number of hydrogen-bond acceptors (Lipinski definition) is 4. The number of hydrogen-bond donors (Lipinski definition) is 2. The number of carboxylic acid groups (broad SMARTS) is 1. The van der Waals surface area contributed by atoms with Crippen molar-refractivity contribution in [2.75, 3.05) is 6.61 Å². The van der Waals surface area contributed by atoms with E-state index in [9.17, 15) is 14.7 Å². The number of aliphatic hydroxyl groups excluding tert-OH is 1. The van der Waals surface area contributed by atoms with Gasteiger partial charge in [-0.05, 0) is 25.5 Å². The van der Waals surface area contributed by atoms with Crippen molar-refractivity contribution in [1.29, 1.82) is 0 Å². The van der Waals surface area contributed by atoms with Gasteiger partial charge >= 0.3 is 5.97 Å². The average molecular weight is 287 g/mol. The standard InChI is InChI=1S/C13H15ClO5/c1-3-19-9-6-4-5-8(11(14)7(2)15)10(9)12(16)13(17)18/h4-6,11-12,16H,3H2,1-2H3,(H,17,18). The van der Waals surface area contributed by atoms with E-state index in [2.05, 4.69) is 0 Å². The summed E-state index contributed by atoms with van der Waals surface area (Å²) in [5.74, 6) is -1.56. The Balaban J connectivity index is 3.41. The van der Waals surface area contributed by atoms with Gasteiger partial charge in [0, 0.05) is 5.56 Å². The van der Waals surface area contributed by atoms with Crippen LogP contribution in [0.25, 0.3) is 0 Å². The van der Waals surface area contributed by atoms with E-state index in [1.54, 1.807) is 13.0 Å². The summed E-state index contributed by atoms with van der Waals surface area (Å²) < 4.78 is 5.29. The van der Waals surface area contributed by atoms with E-state index in [-0.39, 0.29) is 22.7 Å². The molecule has 1 rings (SSSR count). The van der Waals surface area contributed by atoms with Gasteiger partial charge in [-0.25, -0.2) is 4.79 Å². The lowest BCUT2D eigenvalue weighted by molar-refractivity contribution is -0.147. The minimum absolute atomic E-state index is 0.0204. The van der Waals surface area contributed by atoms with Gasteiger partial charge in [0.1, 0.15) is 11.1 Å². The quantitative estimate of drug-likeness (QED) is 0.782. The number of carboxylic acids is 1. The maximum absolute atomic E-state index is 11.4. The minimum Gasteiger partial charge on any atom is -0.493 e. The first-order valence-electron chi connectivity index (χ1n) is 5.71. The molecule has 0 bridgehead atoms. The summed E-state index contributed by atoms with van der Waals surface area (Å²) >= 11 is 5.96. The zero-order valence-corrected chi connectivity index (χ0v) is 11.3. The largest absolute Gasteiger partial charge is 0.493 e. The summed E-state index contributed by atoms with van der Waals surface area (Å²) in [6, 6.07) is 4.62. The van der Waals surface area contributed by atoms with Gasteiger partial charge in [0.15, 0.2) is 11.9 Å². The Morgan fingerprint density at radius 1 is 1.42 bits per heavy atom. The second-order valence-electron chi connectivity index (χ2n) is 3.91. The molecule has 6 heteroatoms. The Labute approximate surface area is 115 Å².